The lowest BCUT2D eigenvalue weighted by atomic mass is 10.1. The van der Waals surface area contributed by atoms with E-state index in [0.29, 0.717) is 22.7 Å². The Morgan fingerprint density at radius 3 is 2.68 bits per heavy atom. The van der Waals surface area contributed by atoms with E-state index in [0.717, 1.165) is 48.0 Å². The van der Waals surface area contributed by atoms with E-state index in [1.165, 1.54) is 30.6 Å². The number of likely N-dealkylation sites (tertiary alicyclic amines) is 1. The Morgan fingerprint density at radius 2 is 1.91 bits per heavy atom. The molecule has 1 aromatic heterocycles. The minimum Gasteiger partial charge on any atom is -0.456 e. The summed E-state index contributed by atoms with van der Waals surface area (Å²) in [5.41, 5.74) is 8.78. The van der Waals surface area contributed by atoms with Gasteiger partial charge in [0, 0.05) is 22.5 Å². The van der Waals surface area contributed by atoms with Crippen LogP contribution in [-0.4, -0.2) is 42.0 Å². The maximum Gasteiger partial charge on any atom is 0.194 e. The van der Waals surface area contributed by atoms with Gasteiger partial charge in [-0.15, -0.1) is 11.3 Å². The molecule has 1 fully saturated rings. The number of rotatable bonds is 7. The van der Waals surface area contributed by atoms with Gasteiger partial charge in [0.25, 0.3) is 0 Å². The highest BCUT2D eigenvalue weighted by Gasteiger charge is 2.13. The van der Waals surface area contributed by atoms with Crippen molar-refractivity contribution in [3.63, 3.8) is 0 Å². The third-order valence-electron chi connectivity index (χ3n) is 5.41. The maximum atomic E-state index is 6.18. The van der Waals surface area contributed by atoms with Crippen molar-refractivity contribution >= 4 is 34.0 Å². The number of anilines is 1. The Hall–Kier alpha value is -2.61. The number of nitrogens with two attached hydrogens (primary N) is 1. The molecule has 6 nitrogen and oxygen atoms in total. The molecule has 0 radical (unpaired) electrons. The third-order valence-corrected chi connectivity index (χ3v) is 6.40. The minimum absolute atomic E-state index is 0.393. The van der Waals surface area contributed by atoms with Crippen LogP contribution in [0.1, 0.15) is 38.7 Å². The lowest BCUT2D eigenvalue weighted by Gasteiger charge is -2.25. The van der Waals surface area contributed by atoms with Crippen LogP contribution in [0.2, 0.25) is 5.02 Å². The molecule has 0 unspecified atom stereocenters. The second kappa shape index (κ2) is 13.3. The summed E-state index contributed by atoms with van der Waals surface area (Å²) in [6.45, 7) is 9.93. The highest BCUT2D eigenvalue weighted by Crippen LogP contribution is 2.36. The van der Waals surface area contributed by atoms with Crippen molar-refractivity contribution in [3.05, 3.63) is 58.4 Å². The van der Waals surface area contributed by atoms with E-state index in [1.54, 1.807) is 0 Å². The maximum absolute atomic E-state index is 6.18. The van der Waals surface area contributed by atoms with Gasteiger partial charge in [0.05, 0.1) is 12.2 Å². The van der Waals surface area contributed by atoms with Gasteiger partial charge in [-0.2, -0.15) is 0 Å². The number of thiazole rings is 1. The molecule has 0 saturated carbocycles. The summed E-state index contributed by atoms with van der Waals surface area (Å²) in [5, 5.41) is 6.50. The molecular formula is C26H34ClN5OS. The van der Waals surface area contributed by atoms with E-state index in [2.05, 4.69) is 15.2 Å². The number of guanidine groups is 1. The third kappa shape index (κ3) is 7.45. The normalized spacial score (nSPS) is 14.3. The Morgan fingerprint density at radius 1 is 1.15 bits per heavy atom. The number of para-hydroxylation sites is 1. The second-order valence-electron chi connectivity index (χ2n) is 7.84. The zero-order valence-electron chi connectivity index (χ0n) is 20.2. The average Bonchev–Trinajstić information content (AvgIpc) is 3.31. The Labute approximate surface area is 211 Å². The first-order valence-electron chi connectivity index (χ1n) is 11.9. The summed E-state index contributed by atoms with van der Waals surface area (Å²) in [5.74, 6) is 1.89. The van der Waals surface area contributed by atoms with Crippen LogP contribution in [0, 0.1) is 6.92 Å². The van der Waals surface area contributed by atoms with Gasteiger partial charge in [0.15, 0.2) is 11.1 Å². The van der Waals surface area contributed by atoms with Crippen molar-refractivity contribution in [1.29, 1.82) is 0 Å². The van der Waals surface area contributed by atoms with Crippen molar-refractivity contribution in [2.24, 2.45) is 10.7 Å². The topological polar surface area (TPSA) is 75.8 Å². The fraction of sp³-hybridized carbons (Fsp3) is 0.385. The van der Waals surface area contributed by atoms with Gasteiger partial charge in [-0.1, -0.05) is 44.0 Å². The van der Waals surface area contributed by atoms with E-state index in [1.807, 2.05) is 68.6 Å². The quantitative estimate of drug-likeness (QED) is 0.276. The van der Waals surface area contributed by atoms with Gasteiger partial charge in [0.1, 0.15) is 11.5 Å². The lowest BCUT2D eigenvalue weighted by molar-refractivity contribution is 0.235. The molecule has 0 spiro atoms. The summed E-state index contributed by atoms with van der Waals surface area (Å²) in [7, 11) is 0. The number of halogens is 1. The number of nitrogens with one attached hydrogen (secondary N) is 1. The molecule has 3 aromatic rings. The van der Waals surface area contributed by atoms with Crippen LogP contribution >= 0.6 is 22.9 Å². The molecule has 0 bridgehead atoms. The van der Waals surface area contributed by atoms with Gasteiger partial charge in [0.2, 0.25) is 0 Å². The van der Waals surface area contributed by atoms with Gasteiger partial charge in [-0.25, -0.2) is 4.98 Å². The number of piperidine rings is 1. The molecule has 1 aliphatic heterocycles. The first-order chi connectivity index (χ1) is 16.6. The van der Waals surface area contributed by atoms with E-state index >= 15 is 0 Å². The average molecular weight is 500 g/mol. The van der Waals surface area contributed by atoms with Crippen LogP contribution in [-0.2, 0) is 0 Å². The van der Waals surface area contributed by atoms with Crippen LogP contribution in [0.15, 0.2) is 52.8 Å². The summed E-state index contributed by atoms with van der Waals surface area (Å²) in [6, 6.07) is 13.4. The van der Waals surface area contributed by atoms with Crippen LogP contribution in [0.25, 0.3) is 11.3 Å². The smallest absolute Gasteiger partial charge is 0.194 e. The van der Waals surface area contributed by atoms with Crippen LogP contribution < -0.4 is 15.8 Å². The largest absolute Gasteiger partial charge is 0.456 e. The van der Waals surface area contributed by atoms with Crippen molar-refractivity contribution < 1.29 is 4.74 Å². The number of aromatic nitrogens is 1. The highest BCUT2D eigenvalue weighted by molar-refractivity contribution is 7.14. The van der Waals surface area contributed by atoms with Crippen LogP contribution in [0.5, 0.6) is 11.5 Å². The van der Waals surface area contributed by atoms with Gasteiger partial charge in [-0.3, -0.25) is 4.99 Å². The Bertz CT molecular complexity index is 1080. The molecular weight excluding hydrogens is 466 g/mol. The number of nitrogens with zero attached hydrogens (tertiary/aromatic N) is 3. The van der Waals surface area contributed by atoms with Gasteiger partial charge >= 0.3 is 0 Å². The summed E-state index contributed by atoms with van der Waals surface area (Å²) >= 11 is 7.56. The zero-order valence-corrected chi connectivity index (χ0v) is 21.8. The van der Waals surface area contributed by atoms with Crippen molar-refractivity contribution in [2.45, 2.75) is 40.0 Å². The Balaban J connectivity index is 0.00000158. The predicted octanol–water partition coefficient (Wildman–Crippen LogP) is 6.80. The molecule has 34 heavy (non-hydrogen) atoms. The molecule has 0 amide bonds. The van der Waals surface area contributed by atoms with E-state index in [9.17, 15) is 0 Å². The van der Waals surface area contributed by atoms with Gasteiger partial charge < -0.3 is 20.7 Å². The fourth-order valence-corrected chi connectivity index (χ4v) is 4.66. The molecule has 1 saturated heterocycles. The van der Waals surface area contributed by atoms with Crippen molar-refractivity contribution in [3.8, 4) is 22.8 Å². The molecule has 0 aliphatic carbocycles. The fourth-order valence-electron chi connectivity index (χ4n) is 3.71. The van der Waals surface area contributed by atoms with Crippen LogP contribution in [0.3, 0.4) is 0 Å². The first kappa shape index (κ1) is 26.0. The number of hydrogen-bond acceptors (Lipinski definition) is 5. The number of benzene rings is 2. The SMILES string of the molecule is CC.Cc1cc(Cl)ccc1Oc1ccccc1-c1csc(NC(N)=NCCN2CCCCC2)n1. The molecule has 3 N–H and O–H groups in total. The van der Waals surface area contributed by atoms with Crippen LogP contribution in [0.4, 0.5) is 5.13 Å². The van der Waals surface area contributed by atoms with Crippen molar-refractivity contribution in [2.75, 3.05) is 31.5 Å². The van der Waals surface area contributed by atoms with Crippen molar-refractivity contribution in [1.82, 2.24) is 9.88 Å². The monoisotopic (exact) mass is 499 g/mol. The standard InChI is InChI=1S/C24H28ClN5OS.C2H6/c1-17-15-18(25)9-10-21(17)31-22-8-4-3-7-19(22)20-16-32-24(28-20)29-23(26)27-11-14-30-12-5-2-6-13-30;1-2/h3-4,7-10,15-16H,2,5-6,11-14H2,1H3,(H3,26,27,28,29);1-2H3. The van der Waals surface area contributed by atoms with E-state index < -0.39 is 0 Å². The molecule has 182 valence electrons. The Kier molecular flexibility index (Phi) is 10.2. The molecule has 0 atom stereocenters. The summed E-state index contributed by atoms with van der Waals surface area (Å²) in [4.78, 5) is 11.6. The predicted molar refractivity (Wildman–Crippen MR) is 146 cm³/mol. The number of aryl methyl sites for hydroxylation is 1. The number of aliphatic imine (C=N–C) groups is 1. The molecule has 8 heteroatoms. The highest BCUT2D eigenvalue weighted by atomic mass is 35.5. The van der Waals surface area contributed by atoms with E-state index in [4.69, 9.17) is 27.1 Å². The number of hydrogen-bond donors (Lipinski definition) is 2. The molecule has 4 rings (SSSR count). The minimum atomic E-state index is 0.393. The van der Waals surface area contributed by atoms with E-state index in [-0.39, 0.29) is 0 Å². The molecule has 2 aromatic carbocycles. The summed E-state index contributed by atoms with van der Waals surface area (Å²) < 4.78 is 6.18. The summed E-state index contributed by atoms with van der Waals surface area (Å²) in [6.07, 6.45) is 3.90. The second-order valence-corrected chi connectivity index (χ2v) is 9.13. The molecule has 1 aliphatic rings. The van der Waals surface area contributed by atoms with Gasteiger partial charge in [-0.05, 0) is 68.8 Å². The molecule has 2 heterocycles. The first-order valence-corrected chi connectivity index (χ1v) is 13.1. The lowest BCUT2D eigenvalue weighted by Crippen LogP contribution is -2.32. The zero-order chi connectivity index (χ0) is 24.3. The number of ether oxygens (including phenoxy) is 1.